The average Bonchev–Trinajstić information content (AvgIpc) is 2.43. The van der Waals surface area contributed by atoms with Crippen LogP contribution < -0.4 is 10.9 Å². The van der Waals surface area contributed by atoms with Gasteiger partial charge < -0.3 is 15.4 Å². The number of aliphatic hydroxyl groups is 1. The Bertz CT molecular complexity index is 717. The van der Waals surface area contributed by atoms with Gasteiger partial charge in [0, 0.05) is 23.5 Å². The highest BCUT2D eigenvalue weighted by molar-refractivity contribution is 6.05. The summed E-state index contributed by atoms with van der Waals surface area (Å²) in [6.45, 7) is 5.57. The molecule has 3 N–H and O–H groups in total. The van der Waals surface area contributed by atoms with Crippen LogP contribution in [0.2, 0.25) is 0 Å². The lowest BCUT2D eigenvalue weighted by atomic mass is 9.92. The van der Waals surface area contributed by atoms with E-state index in [4.69, 9.17) is 0 Å². The van der Waals surface area contributed by atoms with Crippen LogP contribution >= 0.6 is 0 Å². The lowest BCUT2D eigenvalue weighted by Crippen LogP contribution is -2.44. The number of aromatic nitrogens is 1. The molecular weight excluding hydrogens is 268 g/mol. The fourth-order valence-corrected chi connectivity index (χ4v) is 1.95. The molecule has 1 heterocycles. The summed E-state index contributed by atoms with van der Waals surface area (Å²) < 4.78 is 0. The van der Waals surface area contributed by atoms with Gasteiger partial charge in [0.15, 0.2) is 0 Å². The lowest BCUT2D eigenvalue weighted by Gasteiger charge is -2.27. The molecule has 0 aliphatic carbocycles. The zero-order chi connectivity index (χ0) is 15.6. The molecule has 1 unspecified atom stereocenters. The minimum atomic E-state index is -0.993. The van der Waals surface area contributed by atoms with Crippen molar-refractivity contribution < 1.29 is 9.90 Å². The summed E-state index contributed by atoms with van der Waals surface area (Å²) in [5, 5.41) is 13.6. The van der Waals surface area contributed by atoms with Crippen LogP contribution in [-0.4, -0.2) is 28.1 Å². The highest BCUT2D eigenvalue weighted by Gasteiger charge is 2.25. The molecule has 5 heteroatoms. The summed E-state index contributed by atoms with van der Waals surface area (Å²) in [4.78, 5) is 26.6. The maximum atomic E-state index is 12.3. The number of nitrogens with one attached hydrogen (secondary N) is 2. The molecule has 2 rings (SSSR count). The Kier molecular flexibility index (Phi) is 4.14. The van der Waals surface area contributed by atoms with Gasteiger partial charge in [-0.15, -0.1) is 0 Å². The number of rotatable bonds is 4. The zero-order valence-electron chi connectivity index (χ0n) is 12.4. The van der Waals surface area contributed by atoms with Crippen LogP contribution in [0.25, 0.3) is 10.9 Å². The Morgan fingerprint density at radius 2 is 2.05 bits per heavy atom. The van der Waals surface area contributed by atoms with Crippen LogP contribution in [0.4, 0.5) is 0 Å². The van der Waals surface area contributed by atoms with Crippen molar-refractivity contribution in [2.45, 2.75) is 26.4 Å². The molecule has 0 bridgehead atoms. The van der Waals surface area contributed by atoms with Crippen LogP contribution in [0.5, 0.6) is 0 Å². The van der Waals surface area contributed by atoms with E-state index in [-0.39, 0.29) is 23.9 Å². The van der Waals surface area contributed by atoms with Crippen molar-refractivity contribution >= 4 is 16.8 Å². The molecule has 0 radical (unpaired) electrons. The Balaban J connectivity index is 2.30. The fraction of sp³-hybridized carbons (Fsp3) is 0.375. The molecule has 0 aliphatic heterocycles. The van der Waals surface area contributed by atoms with Gasteiger partial charge in [-0.25, -0.2) is 0 Å². The summed E-state index contributed by atoms with van der Waals surface area (Å²) >= 11 is 0. The second kappa shape index (κ2) is 5.69. The van der Waals surface area contributed by atoms with Crippen LogP contribution in [0, 0.1) is 5.92 Å². The van der Waals surface area contributed by atoms with E-state index in [1.165, 1.54) is 6.07 Å². The predicted molar refractivity (Wildman–Crippen MR) is 82.4 cm³/mol. The van der Waals surface area contributed by atoms with Crippen LogP contribution in [0.1, 0.15) is 31.1 Å². The molecule has 0 fully saturated rings. The Morgan fingerprint density at radius 3 is 2.71 bits per heavy atom. The molecule has 0 saturated heterocycles. The maximum absolute atomic E-state index is 12.3. The monoisotopic (exact) mass is 288 g/mol. The number of hydrogen-bond donors (Lipinski definition) is 3. The van der Waals surface area contributed by atoms with Crippen molar-refractivity contribution in [2.75, 3.05) is 6.54 Å². The van der Waals surface area contributed by atoms with Crippen molar-refractivity contribution in [3.63, 3.8) is 0 Å². The minimum absolute atomic E-state index is 0.00807. The van der Waals surface area contributed by atoms with Crippen molar-refractivity contribution in [3.05, 3.63) is 46.2 Å². The zero-order valence-corrected chi connectivity index (χ0v) is 12.4. The molecule has 0 saturated carbocycles. The highest BCUT2D eigenvalue weighted by atomic mass is 16.3. The molecule has 0 spiro atoms. The number of fused-ring (bicyclic) bond motifs is 1. The second-order valence-corrected chi connectivity index (χ2v) is 5.79. The van der Waals surface area contributed by atoms with E-state index in [0.29, 0.717) is 16.5 Å². The first-order valence-corrected chi connectivity index (χ1v) is 6.94. The van der Waals surface area contributed by atoms with Crippen LogP contribution in [0.15, 0.2) is 35.1 Å². The average molecular weight is 288 g/mol. The smallest absolute Gasteiger partial charge is 0.252 e. The number of pyridine rings is 1. The molecule has 21 heavy (non-hydrogen) atoms. The number of H-pyrrole nitrogens is 1. The van der Waals surface area contributed by atoms with E-state index in [2.05, 4.69) is 10.3 Å². The van der Waals surface area contributed by atoms with Gasteiger partial charge >= 0.3 is 0 Å². The van der Waals surface area contributed by atoms with Gasteiger partial charge in [-0.05, 0) is 18.9 Å². The van der Waals surface area contributed by atoms with E-state index < -0.39 is 5.60 Å². The normalized spacial score (nSPS) is 14.1. The first-order chi connectivity index (χ1) is 9.81. The van der Waals surface area contributed by atoms with Crippen LogP contribution in [-0.2, 0) is 0 Å². The summed E-state index contributed by atoms with van der Waals surface area (Å²) in [6, 6.07) is 8.41. The Labute approximate surface area is 123 Å². The van der Waals surface area contributed by atoms with E-state index in [9.17, 15) is 14.7 Å². The first kappa shape index (κ1) is 15.3. The topological polar surface area (TPSA) is 82.2 Å². The molecular formula is C16H20N2O3. The van der Waals surface area contributed by atoms with Gasteiger partial charge in [-0.2, -0.15) is 0 Å². The molecule has 2 aromatic rings. The van der Waals surface area contributed by atoms with Gasteiger partial charge in [0.2, 0.25) is 5.56 Å². The Hall–Kier alpha value is -2.14. The van der Waals surface area contributed by atoms with E-state index in [1.807, 2.05) is 19.9 Å². The number of aromatic amines is 1. The second-order valence-electron chi connectivity index (χ2n) is 5.79. The Morgan fingerprint density at radius 1 is 1.38 bits per heavy atom. The standard InChI is InChI=1S/C16H20N2O3/c1-10(2)16(3,21)9-17-15(20)12-8-14(19)18-13-7-5-4-6-11(12)13/h4-8,10,21H,9H2,1-3H3,(H,17,20)(H,18,19). The third kappa shape index (κ3) is 3.31. The largest absolute Gasteiger partial charge is 0.388 e. The van der Waals surface area contributed by atoms with Crippen molar-refractivity contribution in [2.24, 2.45) is 5.92 Å². The van der Waals surface area contributed by atoms with Crippen LogP contribution in [0.3, 0.4) is 0 Å². The summed E-state index contributed by atoms with van der Waals surface area (Å²) in [6.07, 6.45) is 0. The van der Waals surface area contributed by atoms with Gasteiger partial charge in [-0.1, -0.05) is 32.0 Å². The number of hydrogen-bond acceptors (Lipinski definition) is 3. The van der Waals surface area contributed by atoms with Crippen molar-refractivity contribution in [1.82, 2.24) is 10.3 Å². The van der Waals surface area contributed by atoms with Crippen molar-refractivity contribution in [3.8, 4) is 0 Å². The van der Waals surface area contributed by atoms with Gasteiger partial charge in [0.25, 0.3) is 5.91 Å². The van der Waals surface area contributed by atoms with E-state index in [1.54, 1.807) is 25.1 Å². The number of amides is 1. The highest BCUT2D eigenvalue weighted by Crippen LogP contribution is 2.17. The molecule has 0 aliphatic rings. The van der Waals surface area contributed by atoms with Crippen molar-refractivity contribution in [1.29, 1.82) is 0 Å². The first-order valence-electron chi connectivity index (χ1n) is 6.94. The molecule has 5 nitrogen and oxygen atoms in total. The van der Waals surface area contributed by atoms with E-state index in [0.717, 1.165) is 0 Å². The lowest BCUT2D eigenvalue weighted by molar-refractivity contribution is 0.0142. The summed E-state index contributed by atoms with van der Waals surface area (Å²) in [7, 11) is 0. The molecule has 112 valence electrons. The number of benzene rings is 1. The molecule has 1 aromatic carbocycles. The molecule has 1 amide bonds. The van der Waals surface area contributed by atoms with Gasteiger partial charge in [-0.3, -0.25) is 9.59 Å². The fourth-order valence-electron chi connectivity index (χ4n) is 1.95. The number of para-hydroxylation sites is 1. The number of carbonyl (C=O) groups excluding carboxylic acids is 1. The summed E-state index contributed by atoms with van der Waals surface area (Å²) in [5.74, 6) is -0.355. The maximum Gasteiger partial charge on any atom is 0.252 e. The minimum Gasteiger partial charge on any atom is -0.388 e. The third-order valence-corrected chi connectivity index (χ3v) is 3.85. The van der Waals surface area contributed by atoms with Gasteiger partial charge in [0.05, 0.1) is 11.2 Å². The quantitative estimate of drug-likeness (QED) is 0.800. The van der Waals surface area contributed by atoms with E-state index >= 15 is 0 Å². The van der Waals surface area contributed by atoms with Gasteiger partial charge in [0.1, 0.15) is 0 Å². The predicted octanol–water partition coefficient (Wildman–Crippen LogP) is 1.66. The number of carbonyl (C=O) groups is 1. The molecule has 1 atom stereocenters. The third-order valence-electron chi connectivity index (χ3n) is 3.85. The SMILES string of the molecule is CC(C)C(C)(O)CNC(=O)c1cc(=O)[nH]c2ccccc12. The molecule has 1 aromatic heterocycles. The summed E-state index contributed by atoms with van der Waals surface area (Å²) in [5.41, 5.74) is -0.388.